The topological polar surface area (TPSA) is 66.4 Å². The molecule has 21 heavy (non-hydrogen) atoms. The van der Waals surface area contributed by atoms with Gasteiger partial charge in [0.15, 0.2) is 0 Å². The van der Waals surface area contributed by atoms with Crippen LogP contribution in [0.2, 0.25) is 0 Å². The first-order chi connectivity index (χ1) is 9.57. The van der Waals surface area contributed by atoms with E-state index in [1.54, 1.807) is 0 Å². The molecule has 4 heteroatoms. The monoisotopic (exact) mass is 297 g/mol. The van der Waals surface area contributed by atoms with Crippen LogP contribution in [-0.2, 0) is 9.59 Å². The average Bonchev–Trinajstić information content (AvgIpc) is 2.28. The molecule has 122 valence electrons. The molecule has 1 fully saturated rings. The zero-order valence-corrected chi connectivity index (χ0v) is 14.2. The molecule has 0 radical (unpaired) electrons. The summed E-state index contributed by atoms with van der Waals surface area (Å²) in [5.74, 6) is -0.755. The third kappa shape index (κ3) is 5.01. The molecule has 1 aliphatic carbocycles. The van der Waals surface area contributed by atoms with E-state index < -0.39 is 11.5 Å². The van der Waals surface area contributed by atoms with Crippen molar-refractivity contribution in [2.45, 2.75) is 78.7 Å². The van der Waals surface area contributed by atoms with E-state index in [0.29, 0.717) is 12.8 Å². The summed E-state index contributed by atoms with van der Waals surface area (Å²) in [6.07, 6.45) is 4.68. The minimum Gasteiger partial charge on any atom is -0.479 e. The molecular formula is C17H31NO3. The molecule has 0 aliphatic heterocycles. The van der Waals surface area contributed by atoms with Gasteiger partial charge in [-0.2, -0.15) is 0 Å². The Kier molecular flexibility index (Phi) is 5.83. The van der Waals surface area contributed by atoms with E-state index in [2.05, 4.69) is 33.0 Å². The van der Waals surface area contributed by atoms with Gasteiger partial charge in [-0.25, -0.2) is 4.79 Å². The van der Waals surface area contributed by atoms with Gasteiger partial charge in [0.05, 0.1) is 0 Å². The lowest BCUT2D eigenvalue weighted by molar-refractivity contribution is -0.152. The van der Waals surface area contributed by atoms with Gasteiger partial charge < -0.3 is 10.4 Å². The van der Waals surface area contributed by atoms with Crippen LogP contribution in [-0.4, -0.2) is 22.5 Å². The van der Waals surface area contributed by atoms with Crippen molar-refractivity contribution >= 4 is 11.9 Å². The molecule has 3 atom stereocenters. The summed E-state index contributed by atoms with van der Waals surface area (Å²) < 4.78 is 0. The number of nitrogens with one attached hydrogen (secondary N) is 1. The van der Waals surface area contributed by atoms with Crippen molar-refractivity contribution in [3.63, 3.8) is 0 Å². The molecule has 0 aromatic carbocycles. The number of rotatable bonds is 5. The number of amides is 1. The van der Waals surface area contributed by atoms with E-state index >= 15 is 0 Å². The van der Waals surface area contributed by atoms with Gasteiger partial charge in [-0.15, -0.1) is 0 Å². The number of carbonyl (C=O) groups excluding carboxylic acids is 1. The van der Waals surface area contributed by atoms with Gasteiger partial charge in [-0.1, -0.05) is 47.5 Å². The molecule has 0 aromatic rings. The summed E-state index contributed by atoms with van der Waals surface area (Å²) in [5, 5.41) is 12.5. The standard InChI is InChI=1S/C17H31NO3/c1-12(11-16(3,4)5)10-14(19)18-17(15(20)21)9-7-6-8-13(17)2/h12-13H,6-11H2,1-5H3,(H,18,19)(H,20,21). The van der Waals surface area contributed by atoms with Crippen molar-refractivity contribution in [1.29, 1.82) is 0 Å². The smallest absolute Gasteiger partial charge is 0.329 e. The van der Waals surface area contributed by atoms with Crippen molar-refractivity contribution in [2.24, 2.45) is 17.3 Å². The number of carbonyl (C=O) groups is 2. The highest BCUT2D eigenvalue weighted by Crippen LogP contribution is 2.34. The highest BCUT2D eigenvalue weighted by atomic mass is 16.4. The van der Waals surface area contributed by atoms with Crippen molar-refractivity contribution in [1.82, 2.24) is 5.32 Å². The van der Waals surface area contributed by atoms with Crippen LogP contribution in [0.25, 0.3) is 0 Å². The van der Waals surface area contributed by atoms with Crippen LogP contribution in [0.4, 0.5) is 0 Å². The number of carboxylic acid groups (broad SMARTS) is 1. The van der Waals surface area contributed by atoms with Crippen LogP contribution in [0.3, 0.4) is 0 Å². The minimum atomic E-state index is -1.06. The maximum Gasteiger partial charge on any atom is 0.329 e. The van der Waals surface area contributed by atoms with Crippen molar-refractivity contribution in [3.8, 4) is 0 Å². The van der Waals surface area contributed by atoms with E-state index in [1.807, 2.05) is 6.92 Å². The zero-order chi connectivity index (χ0) is 16.3. The van der Waals surface area contributed by atoms with E-state index in [1.165, 1.54) is 0 Å². The van der Waals surface area contributed by atoms with E-state index in [-0.39, 0.29) is 23.2 Å². The summed E-state index contributed by atoms with van der Waals surface area (Å²) >= 11 is 0. The molecule has 1 aliphatic rings. The fourth-order valence-corrected chi connectivity index (χ4v) is 3.64. The second-order valence-corrected chi connectivity index (χ2v) is 8.05. The highest BCUT2D eigenvalue weighted by Gasteiger charge is 2.46. The predicted molar refractivity (Wildman–Crippen MR) is 84.0 cm³/mol. The van der Waals surface area contributed by atoms with Crippen molar-refractivity contribution in [2.75, 3.05) is 0 Å². The Morgan fingerprint density at radius 1 is 1.33 bits per heavy atom. The molecule has 4 nitrogen and oxygen atoms in total. The minimum absolute atomic E-state index is 0.00868. The SMILES string of the molecule is CC(CC(=O)NC1(C(=O)O)CCCCC1C)CC(C)(C)C. The molecule has 2 N–H and O–H groups in total. The second kappa shape index (κ2) is 6.80. The molecule has 0 spiro atoms. The lowest BCUT2D eigenvalue weighted by Crippen LogP contribution is -2.60. The number of hydrogen-bond acceptors (Lipinski definition) is 2. The number of hydrogen-bond donors (Lipinski definition) is 2. The van der Waals surface area contributed by atoms with Gasteiger partial charge in [0.25, 0.3) is 0 Å². The van der Waals surface area contributed by atoms with Crippen LogP contribution in [0.1, 0.15) is 73.1 Å². The van der Waals surface area contributed by atoms with E-state index in [0.717, 1.165) is 25.7 Å². The molecule has 0 heterocycles. The second-order valence-electron chi connectivity index (χ2n) is 8.05. The molecular weight excluding hydrogens is 266 g/mol. The van der Waals surface area contributed by atoms with Gasteiger partial charge in [0, 0.05) is 6.42 Å². The quantitative estimate of drug-likeness (QED) is 0.815. The molecule has 0 saturated heterocycles. The predicted octanol–water partition coefficient (Wildman–Crippen LogP) is 3.60. The summed E-state index contributed by atoms with van der Waals surface area (Å²) in [6, 6.07) is 0. The lowest BCUT2D eigenvalue weighted by atomic mass is 9.73. The summed E-state index contributed by atoms with van der Waals surface area (Å²) in [5.41, 5.74) is -0.876. The Bertz CT molecular complexity index is 386. The largest absolute Gasteiger partial charge is 0.479 e. The Hall–Kier alpha value is -1.06. The first kappa shape index (κ1) is 18.0. The van der Waals surface area contributed by atoms with Crippen LogP contribution in [0.5, 0.6) is 0 Å². The molecule has 0 bridgehead atoms. The van der Waals surface area contributed by atoms with E-state index in [4.69, 9.17) is 0 Å². The fraction of sp³-hybridized carbons (Fsp3) is 0.882. The van der Waals surface area contributed by atoms with Crippen LogP contribution < -0.4 is 5.32 Å². The van der Waals surface area contributed by atoms with Gasteiger partial charge in [-0.3, -0.25) is 4.79 Å². The zero-order valence-electron chi connectivity index (χ0n) is 14.2. The third-order valence-electron chi connectivity index (χ3n) is 4.54. The lowest BCUT2D eigenvalue weighted by Gasteiger charge is -2.39. The van der Waals surface area contributed by atoms with Crippen molar-refractivity contribution in [3.05, 3.63) is 0 Å². The Morgan fingerprint density at radius 3 is 2.43 bits per heavy atom. The van der Waals surface area contributed by atoms with Crippen molar-refractivity contribution < 1.29 is 14.7 Å². The van der Waals surface area contributed by atoms with Gasteiger partial charge in [0.1, 0.15) is 5.54 Å². The maximum absolute atomic E-state index is 12.3. The maximum atomic E-state index is 12.3. The summed E-state index contributed by atoms with van der Waals surface area (Å²) in [7, 11) is 0. The Morgan fingerprint density at radius 2 is 1.95 bits per heavy atom. The number of carboxylic acids is 1. The van der Waals surface area contributed by atoms with Crippen LogP contribution in [0, 0.1) is 17.3 Å². The Labute approximate surface area is 128 Å². The summed E-state index contributed by atoms with van der Waals surface area (Å²) in [6.45, 7) is 10.5. The average molecular weight is 297 g/mol. The molecule has 1 amide bonds. The third-order valence-corrected chi connectivity index (χ3v) is 4.54. The highest BCUT2D eigenvalue weighted by molar-refractivity contribution is 5.87. The first-order valence-corrected chi connectivity index (χ1v) is 8.11. The fourth-order valence-electron chi connectivity index (χ4n) is 3.64. The first-order valence-electron chi connectivity index (χ1n) is 8.11. The Balaban J connectivity index is 2.68. The molecule has 1 rings (SSSR count). The summed E-state index contributed by atoms with van der Waals surface area (Å²) in [4.78, 5) is 24.0. The molecule has 0 aromatic heterocycles. The normalized spacial score (nSPS) is 28.0. The van der Waals surface area contributed by atoms with Crippen LogP contribution >= 0.6 is 0 Å². The van der Waals surface area contributed by atoms with Gasteiger partial charge in [0.2, 0.25) is 5.91 Å². The van der Waals surface area contributed by atoms with Gasteiger partial charge in [-0.05, 0) is 36.5 Å². The van der Waals surface area contributed by atoms with E-state index in [9.17, 15) is 14.7 Å². The van der Waals surface area contributed by atoms with Gasteiger partial charge >= 0.3 is 5.97 Å². The number of aliphatic carboxylic acids is 1. The molecule has 3 unspecified atom stereocenters. The molecule has 1 saturated carbocycles. The van der Waals surface area contributed by atoms with Crippen LogP contribution in [0.15, 0.2) is 0 Å².